The van der Waals surface area contributed by atoms with Crippen molar-refractivity contribution in [1.29, 1.82) is 0 Å². The molecule has 2 aromatic carbocycles. The summed E-state index contributed by atoms with van der Waals surface area (Å²) in [5, 5.41) is 2.96. The SMILES string of the molecule is O=C(Nc1c(Br)cccc1Br)c1cccc(CC2CC2)c1. The average molecular weight is 409 g/mol. The van der Waals surface area contributed by atoms with Gasteiger partial charge >= 0.3 is 0 Å². The van der Waals surface area contributed by atoms with Gasteiger partial charge in [0.1, 0.15) is 0 Å². The lowest BCUT2D eigenvalue weighted by molar-refractivity contribution is 0.102. The Hall–Kier alpha value is -1.13. The third kappa shape index (κ3) is 3.74. The number of hydrogen-bond donors (Lipinski definition) is 1. The topological polar surface area (TPSA) is 29.1 Å². The molecule has 21 heavy (non-hydrogen) atoms. The number of anilines is 1. The van der Waals surface area contributed by atoms with E-state index in [1.165, 1.54) is 18.4 Å². The minimum atomic E-state index is -0.0831. The summed E-state index contributed by atoms with van der Waals surface area (Å²) in [4.78, 5) is 12.4. The zero-order valence-corrected chi connectivity index (χ0v) is 14.6. The van der Waals surface area contributed by atoms with Crippen LogP contribution in [0.2, 0.25) is 0 Å². The number of nitrogens with one attached hydrogen (secondary N) is 1. The molecule has 108 valence electrons. The fraction of sp³-hybridized carbons (Fsp3) is 0.235. The van der Waals surface area contributed by atoms with Crippen molar-refractivity contribution in [1.82, 2.24) is 0 Å². The van der Waals surface area contributed by atoms with Gasteiger partial charge in [0.05, 0.1) is 5.69 Å². The van der Waals surface area contributed by atoms with Crippen molar-refractivity contribution in [2.45, 2.75) is 19.3 Å². The second-order valence-corrected chi connectivity index (χ2v) is 7.11. The molecule has 0 aliphatic heterocycles. The number of carbonyl (C=O) groups excluding carboxylic acids is 1. The average Bonchev–Trinajstić information content (AvgIpc) is 3.27. The van der Waals surface area contributed by atoms with Crippen LogP contribution in [0.5, 0.6) is 0 Å². The highest BCUT2D eigenvalue weighted by Crippen LogP contribution is 2.33. The molecule has 1 N–H and O–H groups in total. The molecule has 0 radical (unpaired) electrons. The molecule has 1 aliphatic carbocycles. The summed E-state index contributed by atoms with van der Waals surface area (Å²) < 4.78 is 1.72. The molecule has 1 amide bonds. The van der Waals surface area contributed by atoms with Crippen LogP contribution in [0.15, 0.2) is 51.4 Å². The molecule has 2 nitrogen and oxygen atoms in total. The van der Waals surface area contributed by atoms with Crippen LogP contribution in [0.4, 0.5) is 5.69 Å². The van der Waals surface area contributed by atoms with Crippen molar-refractivity contribution in [3.05, 3.63) is 62.5 Å². The minimum absolute atomic E-state index is 0.0831. The number of carbonyl (C=O) groups is 1. The van der Waals surface area contributed by atoms with Crippen molar-refractivity contribution in [3.8, 4) is 0 Å². The Bertz CT molecular complexity index is 660. The summed E-state index contributed by atoms with van der Waals surface area (Å²) in [6.07, 6.45) is 3.72. The Labute approximate surface area is 141 Å². The second kappa shape index (κ2) is 6.32. The minimum Gasteiger partial charge on any atom is -0.320 e. The van der Waals surface area contributed by atoms with Crippen molar-refractivity contribution in [2.75, 3.05) is 5.32 Å². The van der Waals surface area contributed by atoms with E-state index in [2.05, 4.69) is 43.2 Å². The Kier molecular flexibility index (Phi) is 4.45. The lowest BCUT2D eigenvalue weighted by Crippen LogP contribution is -2.13. The van der Waals surface area contributed by atoms with E-state index in [1.807, 2.05) is 36.4 Å². The molecule has 0 bridgehead atoms. The maximum atomic E-state index is 12.4. The monoisotopic (exact) mass is 407 g/mol. The molecule has 0 atom stereocenters. The summed E-state index contributed by atoms with van der Waals surface area (Å²) in [6.45, 7) is 0. The molecule has 0 heterocycles. The van der Waals surface area contributed by atoms with Gasteiger partial charge in [0.2, 0.25) is 0 Å². The number of benzene rings is 2. The first-order valence-corrected chi connectivity index (χ1v) is 8.56. The molecule has 1 fully saturated rings. The zero-order valence-electron chi connectivity index (χ0n) is 11.4. The van der Waals surface area contributed by atoms with Gasteiger partial charge in [0, 0.05) is 14.5 Å². The normalized spacial score (nSPS) is 14.0. The molecule has 0 spiro atoms. The first kappa shape index (κ1) is 14.8. The van der Waals surface area contributed by atoms with Crippen LogP contribution in [-0.4, -0.2) is 5.91 Å². The van der Waals surface area contributed by atoms with Gasteiger partial charge in [-0.25, -0.2) is 0 Å². The van der Waals surface area contributed by atoms with Crippen LogP contribution >= 0.6 is 31.9 Å². The fourth-order valence-electron chi connectivity index (χ4n) is 2.30. The molecule has 0 unspecified atom stereocenters. The molecule has 0 saturated heterocycles. The Morgan fingerprint density at radius 3 is 2.43 bits per heavy atom. The highest BCUT2D eigenvalue weighted by Gasteiger charge is 2.21. The first-order valence-electron chi connectivity index (χ1n) is 6.98. The van der Waals surface area contributed by atoms with E-state index >= 15 is 0 Å². The smallest absolute Gasteiger partial charge is 0.255 e. The standard InChI is InChI=1S/C17H15Br2NO/c18-14-5-2-6-15(19)16(14)20-17(21)13-4-1-3-12(10-13)9-11-7-8-11/h1-6,10-11H,7-9H2,(H,20,21). The third-order valence-electron chi connectivity index (χ3n) is 3.61. The Morgan fingerprint density at radius 2 is 1.76 bits per heavy atom. The summed E-state index contributed by atoms with van der Waals surface area (Å²) in [6, 6.07) is 13.6. The summed E-state index contributed by atoms with van der Waals surface area (Å²) in [5.41, 5.74) is 2.71. The molecule has 4 heteroatoms. The van der Waals surface area contributed by atoms with Gasteiger partial charge in [-0.1, -0.05) is 18.2 Å². The zero-order chi connectivity index (χ0) is 14.8. The van der Waals surface area contributed by atoms with Crippen LogP contribution < -0.4 is 5.32 Å². The summed E-state index contributed by atoms with van der Waals surface area (Å²) in [7, 11) is 0. The number of halogens is 2. The third-order valence-corrected chi connectivity index (χ3v) is 4.93. The lowest BCUT2D eigenvalue weighted by Gasteiger charge is -2.10. The Morgan fingerprint density at radius 1 is 1.10 bits per heavy atom. The Balaban J connectivity index is 1.78. The summed E-state index contributed by atoms with van der Waals surface area (Å²) >= 11 is 6.92. The van der Waals surface area contributed by atoms with Crippen molar-refractivity contribution in [3.63, 3.8) is 0 Å². The first-order chi connectivity index (χ1) is 10.1. The van der Waals surface area contributed by atoms with Gasteiger partial charge < -0.3 is 5.32 Å². The van der Waals surface area contributed by atoms with Gasteiger partial charge in [-0.3, -0.25) is 4.79 Å². The van der Waals surface area contributed by atoms with Gasteiger partial charge in [-0.2, -0.15) is 0 Å². The summed E-state index contributed by atoms with van der Waals surface area (Å²) in [5.74, 6) is 0.737. The van der Waals surface area contributed by atoms with Crippen LogP contribution in [0, 0.1) is 5.92 Å². The van der Waals surface area contributed by atoms with E-state index in [0.29, 0.717) is 5.56 Å². The van der Waals surface area contributed by atoms with E-state index in [9.17, 15) is 4.79 Å². The molecule has 3 rings (SSSR count). The van der Waals surface area contributed by atoms with Gasteiger partial charge in [-0.15, -0.1) is 0 Å². The quantitative estimate of drug-likeness (QED) is 0.719. The molecule has 2 aromatic rings. The highest BCUT2D eigenvalue weighted by atomic mass is 79.9. The maximum absolute atomic E-state index is 12.4. The van der Waals surface area contributed by atoms with Crippen molar-refractivity contribution >= 4 is 43.5 Å². The number of amides is 1. The van der Waals surface area contributed by atoms with E-state index in [-0.39, 0.29) is 5.91 Å². The van der Waals surface area contributed by atoms with E-state index in [1.54, 1.807) is 0 Å². The van der Waals surface area contributed by atoms with Gasteiger partial charge in [-0.05, 0) is 86.9 Å². The number of rotatable bonds is 4. The second-order valence-electron chi connectivity index (χ2n) is 5.40. The van der Waals surface area contributed by atoms with Gasteiger partial charge in [0.25, 0.3) is 5.91 Å². The molecule has 1 saturated carbocycles. The van der Waals surface area contributed by atoms with Gasteiger partial charge in [0.15, 0.2) is 0 Å². The predicted molar refractivity (Wildman–Crippen MR) is 92.7 cm³/mol. The maximum Gasteiger partial charge on any atom is 0.255 e. The molecule has 0 aromatic heterocycles. The van der Waals surface area contributed by atoms with E-state index < -0.39 is 0 Å². The van der Waals surface area contributed by atoms with Crippen molar-refractivity contribution in [2.24, 2.45) is 5.92 Å². The highest BCUT2D eigenvalue weighted by molar-refractivity contribution is 9.11. The van der Waals surface area contributed by atoms with E-state index in [0.717, 1.165) is 27.0 Å². The van der Waals surface area contributed by atoms with Crippen LogP contribution in [-0.2, 0) is 6.42 Å². The lowest BCUT2D eigenvalue weighted by atomic mass is 10.1. The number of para-hydroxylation sites is 1. The van der Waals surface area contributed by atoms with Crippen LogP contribution in [0.3, 0.4) is 0 Å². The number of hydrogen-bond acceptors (Lipinski definition) is 1. The molecular weight excluding hydrogens is 394 g/mol. The largest absolute Gasteiger partial charge is 0.320 e. The molecular formula is C17H15Br2NO. The van der Waals surface area contributed by atoms with Crippen LogP contribution in [0.1, 0.15) is 28.8 Å². The predicted octanol–water partition coefficient (Wildman–Crippen LogP) is 5.42. The van der Waals surface area contributed by atoms with Crippen LogP contribution in [0.25, 0.3) is 0 Å². The van der Waals surface area contributed by atoms with Crippen molar-refractivity contribution < 1.29 is 4.79 Å². The fourth-order valence-corrected chi connectivity index (χ4v) is 3.49. The van der Waals surface area contributed by atoms with E-state index in [4.69, 9.17) is 0 Å². The molecule has 1 aliphatic rings.